The van der Waals surface area contributed by atoms with E-state index in [1.807, 2.05) is 37.4 Å². The molecule has 1 amide bonds. The number of halogens is 1. The quantitative estimate of drug-likeness (QED) is 0.648. The third kappa shape index (κ3) is 4.05. The summed E-state index contributed by atoms with van der Waals surface area (Å²) in [6, 6.07) is 13.7. The number of nitrogens with one attached hydrogen (secondary N) is 1. The highest BCUT2D eigenvalue weighted by molar-refractivity contribution is 6.31. The molecule has 1 aliphatic carbocycles. The molecule has 2 aliphatic rings. The normalized spacial score (nSPS) is 17.5. The van der Waals surface area contributed by atoms with Crippen LogP contribution in [-0.4, -0.2) is 47.9 Å². The number of amides is 1. The number of fused-ring (bicyclic) bond motifs is 1. The van der Waals surface area contributed by atoms with E-state index >= 15 is 0 Å². The Balaban J connectivity index is 1.32. The van der Waals surface area contributed by atoms with Gasteiger partial charge in [-0.15, -0.1) is 0 Å². The van der Waals surface area contributed by atoms with Crippen LogP contribution in [0, 0.1) is 12.8 Å². The van der Waals surface area contributed by atoms with Gasteiger partial charge in [0, 0.05) is 55.1 Å². The minimum atomic E-state index is -0.134. The second kappa shape index (κ2) is 7.97. The van der Waals surface area contributed by atoms with E-state index in [0.29, 0.717) is 16.3 Å². The molecular formula is C24H27ClN4O. The van der Waals surface area contributed by atoms with Crippen LogP contribution in [0.2, 0.25) is 5.02 Å². The van der Waals surface area contributed by atoms with Gasteiger partial charge in [-0.25, -0.2) is 0 Å². The summed E-state index contributed by atoms with van der Waals surface area (Å²) in [5.74, 6) is 1.96. The van der Waals surface area contributed by atoms with Crippen molar-refractivity contribution in [1.29, 1.82) is 0 Å². The SMILES string of the molecule is Cc1ccc(NC(=O)c2ccc3ccc(N4CCN(CC5CC5)CC4)n3c2)cc1Cl. The van der Waals surface area contributed by atoms with E-state index in [0.717, 1.165) is 49.0 Å². The van der Waals surface area contributed by atoms with Crippen LogP contribution < -0.4 is 10.2 Å². The standard InChI is InChI=1S/C24H27ClN4O/c1-17-2-6-20(14-22(17)25)26-24(30)19-5-7-21-8-9-23(29(21)16-19)28-12-10-27(11-13-28)15-18-3-4-18/h2,5-9,14,16,18H,3-4,10-13,15H2,1H3,(H,26,30). The largest absolute Gasteiger partial charge is 0.355 e. The van der Waals surface area contributed by atoms with Gasteiger partial charge in [0.25, 0.3) is 5.91 Å². The molecule has 0 spiro atoms. The van der Waals surface area contributed by atoms with Crippen molar-refractivity contribution in [2.45, 2.75) is 19.8 Å². The molecule has 0 atom stereocenters. The molecule has 1 saturated heterocycles. The topological polar surface area (TPSA) is 40.0 Å². The average molecular weight is 423 g/mol. The Kier molecular flexibility index (Phi) is 5.17. The van der Waals surface area contributed by atoms with Crippen LogP contribution in [0.1, 0.15) is 28.8 Å². The lowest BCUT2D eigenvalue weighted by Crippen LogP contribution is -2.47. The number of carbonyl (C=O) groups excluding carboxylic acids is 1. The zero-order chi connectivity index (χ0) is 20.7. The van der Waals surface area contributed by atoms with Crippen LogP contribution in [0.3, 0.4) is 0 Å². The molecule has 2 aromatic heterocycles. The third-order valence-corrected chi connectivity index (χ3v) is 6.64. The van der Waals surface area contributed by atoms with Gasteiger partial charge in [-0.05, 0) is 67.6 Å². The summed E-state index contributed by atoms with van der Waals surface area (Å²) in [7, 11) is 0. The first-order valence-electron chi connectivity index (χ1n) is 10.7. The maximum absolute atomic E-state index is 12.8. The van der Waals surface area contributed by atoms with Crippen molar-refractivity contribution in [3.63, 3.8) is 0 Å². The third-order valence-electron chi connectivity index (χ3n) is 6.23. The molecular weight excluding hydrogens is 396 g/mol. The smallest absolute Gasteiger partial charge is 0.257 e. The van der Waals surface area contributed by atoms with Crippen molar-refractivity contribution >= 4 is 34.5 Å². The zero-order valence-electron chi connectivity index (χ0n) is 17.3. The molecule has 5 nitrogen and oxygen atoms in total. The second-order valence-corrected chi connectivity index (χ2v) is 8.96. The van der Waals surface area contributed by atoms with E-state index in [1.165, 1.54) is 19.4 Å². The lowest BCUT2D eigenvalue weighted by atomic mass is 10.2. The molecule has 1 N–H and O–H groups in total. The lowest BCUT2D eigenvalue weighted by molar-refractivity contribution is 0.102. The van der Waals surface area contributed by atoms with Crippen LogP contribution in [-0.2, 0) is 0 Å². The predicted molar refractivity (Wildman–Crippen MR) is 123 cm³/mol. The first kappa shape index (κ1) is 19.5. The van der Waals surface area contributed by atoms with Crippen molar-refractivity contribution < 1.29 is 4.79 Å². The minimum absolute atomic E-state index is 0.134. The van der Waals surface area contributed by atoms with Crippen molar-refractivity contribution in [3.05, 3.63) is 64.8 Å². The molecule has 0 radical (unpaired) electrons. The number of aromatic nitrogens is 1. The summed E-state index contributed by atoms with van der Waals surface area (Å²) in [6.45, 7) is 7.47. The van der Waals surface area contributed by atoms with Crippen LogP contribution in [0.15, 0.2) is 48.7 Å². The van der Waals surface area contributed by atoms with Gasteiger partial charge in [0.1, 0.15) is 5.82 Å². The van der Waals surface area contributed by atoms with Gasteiger partial charge in [0.05, 0.1) is 5.56 Å². The number of aryl methyl sites for hydroxylation is 1. The second-order valence-electron chi connectivity index (χ2n) is 8.55. The molecule has 1 saturated carbocycles. The van der Waals surface area contributed by atoms with E-state index in [4.69, 9.17) is 11.6 Å². The van der Waals surface area contributed by atoms with Crippen molar-refractivity contribution in [2.75, 3.05) is 42.9 Å². The average Bonchev–Trinajstić information content (AvgIpc) is 3.46. The number of benzene rings is 1. The Morgan fingerprint density at radius 1 is 1.07 bits per heavy atom. The molecule has 30 heavy (non-hydrogen) atoms. The Labute approximate surface area is 182 Å². The molecule has 5 rings (SSSR count). The van der Waals surface area contributed by atoms with Gasteiger partial charge >= 0.3 is 0 Å². The van der Waals surface area contributed by atoms with Gasteiger partial charge in [-0.1, -0.05) is 17.7 Å². The van der Waals surface area contributed by atoms with Gasteiger partial charge in [0.2, 0.25) is 0 Å². The summed E-state index contributed by atoms with van der Waals surface area (Å²) >= 11 is 6.19. The molecule has 3 aromatic rings. The summed E-state index contributed by atoms with van der Waals surface area (Å²) in [5.41, 5.74) is 3.42. The number of nitrogens with zero attached hydrogens (tertiary/aromatic N) is 3. The number of anilines is 2. The minimum Gasteiger partial charge on any atom is -0.355 e. The summed E-state index contributed by atoms with van der Waals surface area (Å²) < 4.78 is 2.13. The highest BCUT2D eigenvalue weighted by Gasteiger charge is 2.27. The van der Waals surface area contributed by atoms with Crippen molar-refractivity contribution in [1.82, 2.24) is 9.30 Å². The molecule has 1 aliphatic heterocycles. The Morgan fingerprint density at radius 3 is 2.57 bits per heavy atom. The molecule has 6 heteroatoms. The highest BCUT2D eigenvalue weighted by Crippen LogP contribution is 2.30. The van der Waals surface area contributed by atoms with Gasteiger partial charge < -0.3 is 14.6 Å². The fourth-order valence-corrected chi connectivity index (χ4v) is 4.36. The number of pyridine rings is 1. The first-order valence-corrected chi connectivity index (χ1v) is 11.1. The Bertz CT molecular complexity index is 1080. The summed E-state index contributed by atoms with van der Waals surface area (Å²) in [6.07, 6.45) is 4.75. The maximum Gasteiger partial charge on any atom is 0.257 e. The number of hydrogen-bond donors (Lipinski definition) is 1. The lowest BCUT2D eigenvalue weighted by Gasteiger charge is -2.35. The predicted octanol–water partition coefficient (Wildman–Crippen LogP) is 4.69. The zero-order valence-corrected chi connectivity index (χ0v) is 18.0. The molecule has 0 unspecified atom stereocenters. The van der Waals surface area contributed by atoms with E-state index in [2.05, 4.69) is 31.7 Å². The van der Waals surface area contributed by atoms with Gasteiger partial charge in [-0.3, -0.25) is 9.69 Å². The van der Waals surface area contributed by atoms with Crippen molar-refractivity contribution in [2.24, 2.45) is 5.92 Å². The number of piperazine rings is 1. The van der Waals surface area contributed by atoms with E-state index in [-0.39, 0.29) is 5.91 Å². The first-order chi connectivity index (χ1) is 14.6. The molecule has 2 fully saturated rings. The summed E-state index contributed by atoms with van der Waals surface area (Å²) in [4.78, 5) is 17.8. The number of carbonyl (C=O) groups is 1. The monoisotopic (exact) mass is 422 g/mol. The van der Waals surface area contributed by atoms with E-state index in [9.17, 15) is 4.79 Å². The maximum atomic E-state index is 12.8. The summed E-state index contributed by atoms with van der Waals surface area (Å²) in [5, 5.41) is 3.60. The Hall–Kier alpha value is -2.50. The van der Waals surface area contributed by atoms with E-state index < -0.39 is 0 Å². The number of rotatable bonds is 5. The fourth-order valence-electron chi connectivity index (χ4n) is 4.18. The van der Waals surface area contributed by atoms with Crippen LogP contribution in [0.4, 0.5) is 11.5 Å². The molecule has 156 valence electrons. The van der Waals surface area contributed by atoms with Crippen molar-refractivity contribution in [3.8, 4) is 0 Å². The number of hydrogen-bond acceptors (Lipinski definition) is 3. The fraction of sp³-hybridized carbons (Fsp3) is 0.375. The van der Waals surface area contributed by atoms with Gasteiger partial charge in [-0.2, -0.15) is 0 Å². The van der Waals surface area contributed by atoms with Crippen LogP contribution >= 0.6 is 11.6 Å². The molecule has 0 bridgehead atoms. The van der Waals surface area contributed by atoms with Crippen LogP contribution in [0.5, 0.6) is 0 Å². The van der Waals surface area contributed by atoms with Crippen LogP contribution in [0.25, 0.3) is 5.52 Å². The molecule has 3 heterocycles. The molecule has 1 aromatic carbocycles. The highest BCUT2D eigenvalue weighted by atomic mass is 35.5. The van der Waals surface area contributed by atoms with Gasteiger partial charge in [0.15, 0.2) is 0 Å². The van der Waals surface area contributed by atoms with E-state index in [1.54, 1.807) is 6.07 Å². The Morgan fingerprint density at radius 2 is 1.83 bits per heavy atom.